The molecule has 0 radical (unpaired) electrons. The minimum atomic E-state index is 0. The lowest BCUT2D eigenvalue weighted by atomic mass is 10.1. The van der Waals surface area contributed by atoms with Gasteiger partial charge in [0.15, 0.2) is 0 Å². The first-order valence-electron chi connectivity index (χ1n) is 11.1. The lowest BCUT2D eigenvalue weighted by Crippen LogP contribution is -3.00. The van der Waals surface area contributed by atoms with E-state index >= 15 is 0 Å². The number of para-hydroxylation sites is 3. The molecule has 0 amide bonds. The highest BCUT2D eigenvalue weighted by atomic mass is 79.9. The maximum Gasteiger partial charge on any atom is 0.143 e. The lowest BCUT2D eigenvalue weighted by Gasteiger charge is -2.37. The molecule has 4 rings (SSSR count). The molecule has 0 heterocycles. The zero-order valence-corrected chi connectivity index (χ0v) is 20.1. The zero-order chi connectivity index (χ0) is 21.4. The summed E-state index contributed by atoms with van der Waals surface area (Å²) in [4.78, 5) is 0. The summed E-state index contributed by atoms with van der Waals surface area (Å²) in [5, 5.41) is 0. The van der Waals surface area contributed by atoms with Gasteiger partial charge >= 0.3 is 0 Å². The van der Waals surface area contributed by atoms with E-state index in [-0.39, 0.29) is 17.0 Å². The van der Waals surface area contributed by atoms with Gasteiger partial charge in [-0.25, -0.2) is 4.48 Å². The van der Waals surface area contributed by atoms with Gasteiger partial charge in [0.2, 0.25) is 0 Å². The van der Waals surface area contributed by atoms with Crippen molar-refractivity contribution in [1.82, 2.24) is 4.48 Å². The Morgan fingerprint density at radius 1 is 0.594 bits per heavy atom. The molecule has 164 valence electrons. The van der Waals surface area contributed by atoms with E-state index in [0.717, 1.165) is 31.7 Å². The summed E-state index contributed by atoms with van der Waals surface area (Å²) in [6.45, 7) is 3.77. The summed E-state index contributed by atoms with van der Waals surface area (Å²) in [6.07, 6.45) is 2.22. The first kappa shape index (κ1) is 23.8. The van der Waals surface area contributed by atoms with Crippen molar-refractivity contribution in [3.63, 3.8) is 0 Å². The third kappa shape index (κ3) is 5.29. The molecule has 0 N–H and O–H groups in total. The number of halogens is 1. The number of nitrogens with zero attached hydrogens (tertiary/aromatic N) is 1. The van der Waals surface area contributed by atoms with Gasteiger partial charge in [0.1, 0.15) is 29.4 Å². The molecule has 0 saturated carbocycles. The Hall–Kier alpha value is -2.88. The maximum absolute atomic E-state index is 5.88. The highest BCUT2D eigenvalue weighted by Crippen LogP contribution is 2.45. The molecule has 3 heteroatoms. The average molecular weight is 488 g/mol. The topological polar surface area (TPSA) is 9.23 Å². The second kappa shape index (κ2) is 11.7. The van der Waals surface area contributed by atoms with Gasteiger partial charge in [0.25, 0.3) is 0 Å². The van der Waals surface area contributed by atoms with Crippen molar-refractivity contribution in [3.05, 3.63) is 121 Å². The molecule has 0 spiro atoms. The van der Waals surface area contributed by atoms with Crippen LogP contribution in [0.2, 0.25) is 0 Å². The minimum absolute atomic E-state index is 0. The molecule has 0 fully saturated rings. The van der Waals surface area contributed by atoms with Gasteiger partial charge < -0.3 is 21.7 Å². The van der Waals surface area contributed by atoms with Gasteiger partial charge in [-0.3, -0.25) is 0 Å². The van der Waals surface area contributed by atoms with E-state index in [1.54, 1.807) is 0 Å². The maximum atomic E-state index is 5.88. The fraction of sp³-hybridized carbons (Fsp3) is 0.172. The SMILES string of the molecule is CCCCOc1ccc(C[N+](c2ccccc2)(c2ccccc2)c2ccccc2)cc1.[Br-]. The molecular formula is C29H30BrNO. The van der Waals surface area contributed by atoms with Crippen molar-refractivity contribution < 1.29 is 21.7 Å². The number of unbranched alkanes of at least 4 members (excludes halogenated alkanes) is 1. The van der Waals surface area contributed by atoms with Crippen LogP contribution in [0.15, 0.2) is 115 Å². The van der Waals surface area contributed by atoms with Crippen LogP contribution in [0.3, 0.4) is 0 Å². The minimum Gasteiger partial charge on any atom is -1.00 e. The highest BCUT2D eigenvalue weighted by Gasteiger charge is 2.36. The van der Waals surface area contributed by atoms with Gasteiger partial charge in [-0.2, -0.15) is 0 Å². The Labute approximate surface area is 202 Å². The summed E-state index contributed by atoms with van der Waals surface area (Å²) < 4.78 is 6.50. The van der Waals surface area contributed by atoms with Crippen LogP contribution in [-0.4, -0.2) is 6.61 Å². The Morgan fingerprint density at radius 2 is 1.03 bits per heavy atom. The number of hydrogen-bond donors (Lipinski definition) is 0. The molecule has 4 aromatic carbocycles. The van der Waals surface area contributed by atoms with Gasteiger partial charge in [-0.05, 0) is 67.1 Å². The first-order valence-corrected chi connectivity index (χ1v) is 11.1. The number of hydrogen-bond acceptors (Lipinski definition) is 1. The van der Waals surface area contributed by atoms with E-state index in [1.807, 2.05) is 0 Å². The first-order chi connectivity index (χ1) is 15.3. The second-order valence-corrected chi connectivity index (χ2v) is 7.82. The largest absolute Gasteiger partial charge is 1.00 e. The number of ether oxygens (including phenoxy) is 1. The summed E-state index contributed by atoms with van der Waals surface area (Å²) in [5.41, 5.74) is 4.98. The fourth-order valence-electron chi connectivity index (χ4n) is 4.07. The van der Waals surface area contributed by atoms with Crippen LogP contribution in [-0.2, 0) is 6.54 Å². The number of quaternary nitrogens is 1. The Balaban J connectivity index is 0.00000289. The monoisotopic (exact) mass is 487 g/mol. The normalized spacial score (nSPS) is 10.9. The second-order valence-electron chi connectivity index (χ2n) is 7.82. The van der Waals surface area contributed by atoms with Crippen molar-refractivity contribution in [1.29, 1.82) is 0 Å². The van der Waals surface area contributed by atoms with Gasteiger partial charge in [-0.1, -0.05) is 67.9 Å². The van der Waals surface area contributed by atoms with Crippen LogP contribution in [0, 0.1) is 0 Å². The van der Waals surface area contributed by atoms with Crippen molar-refractivity contribution in [2.75, 3.05) is 6.61 Å². The van der Waals surface area contributed by atoms with E-state index in [9.17, 15) is 0 Å². The van der Waals surface area contributed by atoms with Gasteiger partial charge in [0, 0.05) is 5.56 Å². The van der Waals surface area contributed by atoms with Crippen molar-refractivity contribution in [3.8, 4) is 5.75 Å². The zero-order valence-electron chi connectivity index (χ0n) is 18.5. The van der Waals surface area contributed by atoms with Gasteiger partial charge in [-0.15, -0.1) is 0 Å². The molecule has 0 aliphatic heterocycles. The summed E-state index contributed by atoms with van der Waals surface area (Å²) in [5.74, 6) is 0.939. The van der Waals surface area contributed by atoms with E-state index in [1.165, 1.54) is 22.6 Å². The van der Waals surface area contributed by atoms with Gasteiger partial charge in [0.05, 0.1) is 6.61 Å². The van der Waals surface area contributed by atoms with Crippen molar-refractivity contribution in [2.24, 2.45) is 0 Å². The molecular weight excluding hydrogens is 458 g/mol. The molecule has 32 heavy (non-hydrogen) atoms. The molecule has 0 aliphatic carbocycles. The van der Waals surface area contributed by atoms with E-state index < -0.39 is 0 Å². The van der Waals surface area contributed by atoms with Crippen molar-refractivity contribution >= 4 is 17.1 Å². The molecule has 0 atom stereocenters. The Morgan fingerprint density at radius 3 is 1.44 bits per heavy atom. The van der Waals surface area contributed by atoms with E-state index in [4.69, 9.17) is 4.74 Å². The number of benzene rings is 4. The van der Waals surface area contributed by atoms with Crippen LogP contribution in [0.1, 0.15) is 25.3 Å². The molecule has 0 bridgehead atoms. The Kier molecular flexibility index (Phi) is 8.66. The summed E-state index contributed by atoms with van der Waals surface area (Å²) in [7, 11) is 0. The van der Waals surface area contributed by atoms with Crippen LogP contribution >= 0.6 is 0 Å². The Bertz CT molecular complexity index is 954. The predicted octanol–water partition coefficient (Wildman–Crippen LogP) is 5.04. The van der Waals surface area contributed by atoms with Crippen LogP contribution in [0.5, 0.6) is 5.75 Å². The molecule has 0 unspecified atom stereocenters. The third-order valence-corrected chi connectivity index (χ3v) is 5.70. The number of rotatable bonds is 9. The van der Waals surface area contributed by atoms with Crippen LogP contribution < -0.4 is 26.2 Å². The molecule has 0 aromatic heterocycles. The molecule has 0 aliphatic rings. The lowest BCUT2D eigenvalue weighted by molar-refractivity contribution is -0.00000667. The summed E-state index contributed by atoms with van der Waals surface area (Å²) >= 11 is 0. The average Bonchev–Trinajstić information content (AvgIpc) is 2.85. The van der Waals surface area contributed by atoms with Crippen LogP contribution in [0.4, 0.5) is 17.1 Å². The van der Waals surface area contributed by atoms with E-state index in [0.29, 0.717) is 4.48 Å². The molecule has 2 nitrogen and oxygen atoms in total. The van der Waals surface area contributed by atoms with E-state index in [2.05, 4.69) is 122 Å². The van der Waals surface area contributed by atoms with Crippen molar-refractivity contribution in [2.45, 2.75) is 26.3 Å². The standard InChI is InChI=1S/C29H30NO.BrH/c1-2-3-23-31-29-21-19-25(20-22-29)24-30(26-13-7-4-8-14-26,27-15-9-5-10-16-27)28-17-11-6-12-18-28;/h4-22H,2-3,23-24H2,1H3;1H/q+1;/p-1. The smallest absolute Gasteiger partial charge is 0.143 e. The highest BCUT2D eigenvalue weighted by molar-refractivity contribution is 5.70. The molecule has 4 aromatic rings. The summed E-state index contributed by atoms with van der Waals surface area (Å²) in [6, 6.07) is 40.9. The van der Waals surface area contributed by atoms with Crippen LogP contribution in [0.25, 0.3) is 0 Å². The third-order valence-electron chi connectivity index (χ3n) is 5.70. The predicted molar refractivity (Wildman–Crippen MR) is 131 cm³/mol. The fourth-order valence-corrected chi connectivity index (χ4v) is 4.07. The molecule has 0 saturated heterocycles. The quantitative estimate of drug-likeness (QED) is 0.237.